The zero-order valence-electron chi connectivity index (χ0n) is 17.2. The van der Waals surface area contributed by atoms with Gasteiger partial charge in [0.05, 0.1) is 25.4 Å². The van der Waals surface area contributed by atoms with Crippen LogP contribution in [0.15, 0.2) is 48.5 Å². The maximum atomic E-state index is 13.0. The predicted octanol–water partition coefficient (Wildman–Crippen LogP) is 2.42. The summed E-state index contributed by atoms with van der Waals surface area (Å²) in [7, 11) is 1.57. The fourth-order valence-electron chi connectivity index (χ4n) is 3.40. The maximum Gasteiger partial charge on any atom is 0.241 e. The molecule has 160 valence electrons. The molecule has 2 aromatic rings. The van der Waals surface area contributed by atoms with Crippen molar-refractivity contribution < 1.29 is 18.7 Å². The van der Waals surface area contributed by atoms with E-state index in [1.807, 2.05) is 24.0 Å². The molecule has 7 nitrogen and oxygen atoms in total. The number of halogens is 1. The van der Waals surface area contributed by atoms with Crippen LogP contribution >= 0.6 is 0 Å². The van der Waals surface area contributed by atoms with E-state index in [1.165, 1.54) is 24.3 Å². The Labute approximate surface area is 175 Å². The number of carbonyl (C=O) groups excluding carboxylic acids is 2. The summed E-state index contributed by atoms with van der Waals surface area (Å²) in [5.74, 6) is 0.0436. The van der Waals surface area contributed by atoms with Gasteiger partial charge in [0.2, 0.25) is 11.8 Å². The second kappa shape index (κ2) is 10.2. The topological polar surface area (TPSA) is 73.9 Å². The van der Waals surface area contributed by atoms with Gasteiger partial charge in [-0.15, -0.1) is 0 Å². The van der Waals surface area contributed by atoms with E-state index >= 15 is 0 Å². The largest absolute Gasteiger partial charge is 0.495 e. The summed E-state index contributed by atoms with van der Waals surface area (Å²) in [5, 5.41) is 5.69. The third-order valence-electron chi connectivity index (χ3n) is 5.19. The second-order valence-electron chi connectivity index (χ2n) is 7.23. The number of anilines is 2. The van der Waals surface area contributed by atoms with Gasteiger partial charge in [-0.05, 0) is 43.3 Å². The highest BCUT2D eigenvalue weighted by Gasteiger charge is 2.26. The van der Waals surface area contributed by atoms with Gasteiger partial charge in [-0.3, -0.25) is 19.4 Å². The van der Waals surface area contributed by atoms with E-state index in [-0.39, 0.29) is 30.2 Å². The van der Waals surface area contributed by atoms with Crippen LogP contribution in [0.4, 0.5) is 15.8 Å². The summed E-state index contributed by atoms with van der Waals surface area (Å²) < 4.78 is 18.2. The number of methoxy groups -OCH3 is 1. The quantitative estimate of drug-likeness (QED) is 0.728. The summed E-state index contributed by atoms with van der Waals surface area (Å²) >= 11 is 0. The Hall–Kier alpha value is -2.97. The summed E-state index contributed by atoms with van der Waals surface area (Å²) in [6, 6.07) is 12.7. The van der Waals surface area contributed by atoms with Crippen molar-refractivity contribution in [3.8, 4) is 5.75 Å². The molecule has 1 heterocycles. The number of hydrogen-bond donors (Lipinski definition) is 2. The molecule has 2 aromatic carbocycles. The van der Waals surface area contributed by atoms with Crippen LogP contribution in [0.3, 0.4) is 0 Å². The molecule has 0 radical (unpaired) electrons. The minimum Gasteiger partial charge on any atom is -0.495 e. The molecule has 1 aliphatic rings. The molecule has 30 heavy (non-hydrogen) atoms. The zero-order chi connectivity index (χ0) is 21.5. The number of para-hydroxylation sites is 2. The minimum absolute atomic E-state index is 0.0954. The van der Waals surface area contributed by atoms with Crippen LogP contribution in [0.5, 0.6) is 5.75 Å². The van der Waals surface area contributed by atoms with Crippen molar-refractivity contribution in [2.75, 3.05) is 50.5 Å². The third kappa shape index (κ3) is 5.77. The molecule has 2 amide bonds. The van der Waals surface area contributed by atoms with Crippen molar-refractivity contribution in [2.45, 2.75) is 13.0 Å². The van der Waals surface area contributed by atoms with Gasteiger partial charge in [0.1, 0.15) is 11.6 Å². The van der Waals surface area contributed by atoms with Crippen molar-refractivity contribution in [1.82, 2.24) is 9.80 Å². The lowest BCUT2D eigenvalue weighted by molar-refractivity contribution is -0.122. The molecule has 0 saturated carbocycles. The van der Waals surface area contributed by atoms with E-state index in [0.717, 1.165) is 0 Å². The van der Waals surface area contributed by atoms with Gasteiger partial charge < -0.3 is 15.4 Å². The highest BCUT2D eigenvalue weighted by atomic mass is 19.1. The molecule has 2 N–H and O–H groups in total. The molecule has 1 fully saturated rings. The molecule has 0 aliphatic carbocycles. The Morgan fingerprint density at radius 3 is 2.37 bits per heavy atom. The van der Waals surface area contributed by atoms with Crippen LogP contribution in [0.2, 0.25) is 0 Å². The molecule has 0 spiro atoms. The lowest BCUT2D eigenvalue weighted by atomic mass is 10.2. The third-order valence-corrected chi connectivity index (χ3v) is 5.19. The van der Waals surface area contributed by atoms with E-state index in [9.17, 15) is 14.0 Å². The highest BCUT2D eigenvalue weighted by Crippen LogP contribution is 2.23. The van der Waals surface area contributed by atoms with Crippen LogP contribution in [0.1, 0.15) is 6.92 Å². The number of carbonyl (C=O) groups is 2. The highest BCUT2D eigenvalue weighted by molar-refractivity contribution is 5.96. The van der Waals surface area contributed by atoms with Crippen LogP contribution < -0.4 is 15.4 Å². The first-order valence-corrected chi connectivity index (χ1v) is 9.92. The van der Waals surface area contributed by atoms with Crippen molar-refractivity contribution >= 4 is 23.2 Å². The fraction of sp³-hybridized carbons (Fsp3) is 0.364. The lowest BCUT2D eigenvalue weighted by Crippen LogP contribution is -2.53. The van der Waals surface area contributed by atoms with Crippen molar-refractivity contribution in [1.29, 1.82) is 0 Å². The number of hydrogen-bond acceptors (Lipinski definition) is 5. The van der Waals surface area contributed by atoms with Gasteiger partial charge in [-0.25, -0.2) is 4.39 Å². The molecule has 0 bridgehead atoms. The second-order valence-corrected chi connectivity index (χ2v) is 7.23. The van der Waals surface area contributed by atoms with E-state index in [1.54, 1.807) is 19.2 Å². The first-order valence-electron chi connectivity index (χ1n) is 9.92. The Kier molecular flexibility index (Phi) is 7.37. The Morgan fingerprint density at radius 2 is 1.70 bits per heavy atom. The van der Waals surface area contributed by atoms with Crippen molar-refractivity contribution in [3.63, 3.8) is 0 Å². The molecule has 0 unspecified atom stereocenters. The number of piperazine rings is 1. The zero-order valence-corrected chi connectivity index (χ0v) is 17.2. The van der Waals surface area contributed by atoms with Gasteiger partial charge in [-0.1, -0.05) is 12.1 Å². The number of amides is 2. The van der Waals surface area contributed by atoms with Crippen LogP contribution in [0.25, 0.3) is 0 Å². The van der Waals surface area contributed by atoms with Gasteiger partial charge in [0, 0.05) is 31.9 Å². The molecule has 8 heteroatoms. The van der Waals surface area contributed by atoms with E-state index in [0.29, 0.717) is 43.3 Å². The van der Waals surface area contributed by atoms with Crippen molar-refractivity contribution in [3.05, 3.63) is 54.3 Å². The molecule has 1 saturated heterocycles. The first-order chi connectivity index (χ1) is 14.5. The predicted molar refractivity (Wildman–Crippen MR) is 114 cm³/mol. The smallest absolute Gasteiger partial charge is 0.241 e. The molecule has 1 aliphatic heterocycles. The summed E-state index contributed by atoms with van der Waals surface area (Å²) in [6.07, 6.45) is 0. The molecular formula is C22H27FN4O3. The Bertz CT molecular complexity index is 867. The van der Waals surface area contributed by atoms with Gasteiger partial charge in [0.15, 0.2) is 0 Å². The number of ether oxygens (including phenoxy) is 1. The Balaban J connectivity index is 1.45. The maximum absolute atomic E-state index is 13.0. The SMILES string of the molecule is COc1ccccc1NC(=O)[C@@H](C)N1CCN(CC(=O)Nc2ccc(F)cc2)CC1. The average Bonchev–Trinajstić information content (AvgIpc) is 2.75. The van der Waals surface area contributed by atoms with Gasteiger partial charge in [-0.2, -0.15) is 0 Å². The van der Waals surface area contributed by atoms with E-state index in [2.05, 4.69) is 15.5 Å². The van der Waals surface area contributed by atoms with Gasteiger partial charge >= 0.3 is 0 Å². The molecule has 3 rings (SSSR count). The summed E-state index contributed by atoms with van der Waals surface area (Å²) in [6.45, 7) is 4.87. The monoisotopic (exact) mass is 414 g/mol. The summed E-state index contributed by atoms with van der Waals surface area (Å²) in [5.41, 5.74) is 1.22. The van der Waals surface area contributed by atoms with E-state index in [4.69, 9.17) is 4.74 Å². The fourth-order valence-corrected chi connectivity index (χ4v) is 3.40. The van der Waals surface area contributed by atoms with Crippen LogP contribution in [0, 0.1) is 5.82 Å². The Morgan fingerprint density at radius 1 is 1.03 bits per heavy atom. The van der Waals surface area contributed by atoms with Crippen LogP contribution in [-0.2, 0) is 9.59 Å². The average molecular weight is 414 g/mol. The minimum atomic E-state index is -0.340. The molecular weight excluding hydrogens is 387 g/mol. The first kappa shape index (κ1) is 21.7. The van der Waals surface area contributed by atoms with E-state index < -0.39 is 0 Å². The standard InChI is InChI=1S/C22H27FN4O3/c1-16(22(29)25-19-5-3-4-6-20(19)30-2)27-13-11-26(12-14-27)15-21(28)24-18-9-7-17(23)8-10-18/h3-10,16H,11-15H2,1-2H3,(H,24,28)(H,25,29)/t16-/m1/s1. The van der Waals surface area contributed by atoms with Gasteiger partial charge in [0.25, 0.3) is 0 Å². The number of benzene rings is 2. The van der Waals surface area contributed by atoms with Crippen LogP contribution in [-0.4, -0.2) is 67.5 Å². The number of rotatable bonds is 7. The number of nitrogens with zero attached hydrogens (tertiary/aromatic N) is 2. The molecule has 1 atom stereocenters. The van der Waals surface area contributed by atoms with Crippen molar-refractivity contribution in [2.24, 2.45) is 0 Å². The summed E-state index contributed by atoms with van der Waals surface area (Å²) in [4.78, 5) is 29.0. The molecule has 0 aromatic heterocycles. The number of nitrogens with one attached hydrogen (secondary N) is 2. The lowest BCUT2D eigenvalue weighted by Gasteiger charge is -2.37. The normalized spacial score (nSPS) is 16.0.